The van der Waals surface area contributed by atoms with Crippen LogP contribution in [0.2, 0.25) is 0 Å². The van der Waals surface area contributed by atoms with Crippen molar-refractivity contribution in [3.63, 3.8) is 0 Å². The second kappa shape index (κ2) is 6.17. The summed E-state index contributed by atoms with van der Waals surface area (Å²) in [5.41, 5.74) is -2.84. The first-order valence-electron chi connectivity index (χ1n) is 8.64. The molecule has 28 heavy (non-hydrogen) atoms. The number of hydrogen-bond donors (Lipinski definition) is 4. The summed E-state index contributed by atoms with van der Waals surface area (Å²) in [4.78, 5) is 74.3. The number of carbonyl (C=O) groups excluding carboxylic acids is 4. The van der Waals surface area contributed by atoms with E-state index in [0.29, 0.717) is 0 Å². The third-order valence-corrected chi connectivity index (χ3v) is 6.27. The minimum atomic E-state index is -1.42. The summed E-state index contributed by atoms with van der Waals surface area (Å²) >= 11 is 0. The molecule has 6 amide bonds. The van der Waals surface area contributed by atoms with Crippen molar-refractivity contribution >= 4 is 35.8 Å². The molecule has 0 spiro atoms. The minimum absolute atomic E-state index is 0.232. The van der Waals surface area contributed by atoms with Crippen molar-refractivity contribution in [2.75, 3.05) is 13.1 Å². The lowest BCUT2D eigenvalue weighted by Gasteiger charge is -2.71. The summed E-state index contributed by atoms with van der Waals surface area (Å²) in [5.74, 6) is -3.71. The summed E-state index contributed by atoms with van der Waals surface area (Å²) in [6.45, 7) is 2.50. The van der Waals surface area contributed by atoms with E-state index in [-0.39, 0.29) is 13.1 Å². The molecule has 2 saturated heterocycles. The van der Waals surface area contributed by atoms with Crippen LogP contribution in [-0.4, -0.2) is 81.0 Å². The zero-order valence-corrected chi connectivity index (χ0v) is 15.2. The van der Waals surface area contributed by atoms with E-state index in [1.165, 1.54) is 13.8 Å². The van der Waals surface area contributed by atoms with Gasteiger partial charge in [0.15, 0.2) is 0 Å². The molecular formula is C16H20N4O8. The number of fused-ring (bicyclic) bond motifs is 4. The standard InChI is InChI=1S/C16H20N4O8/c1-15-9(19(5-3-7(21)22)13(27)17-11(15)25)10-16(15,2)12(26)18-14(28)20(10)6-4-8(23)24/h9-10H,3-6H2,1-2H3,(H,21,22)(H,23,24)(H,17,25,27)(H,18,26,28)/t9-,10+,15+,16-. The van der Waals surface area contributed by atoms with Gasteiger partial charge in [0.1, 0.15) is 0 Å². The minimum Gasteiger partial charge on any atom is -0.481 e. The van der Waals surface area contributed by atoms with Gasteiger partial charge in [-0.25, -0.2) is 9.59 Å². The van der Waals surface area contributed by atoms with Gasteiger partial charge in [-0.1, -0.05) is 0 Å². The van der Waals surface area contributed by atoms with E-state index in [1.54, 1.807) is 0 Å². The van der Waals surface area contributed by atoms with Gasteiger partial charge in [0.2, 0.25) is 11.8 Å². The van der Waals surface area contributed by atoms with Crippen LogP contribution >= 0.6 is 0 Å². The van der Waals surface area contributed by atoms with E-state index in [1.807, 2.05) is 0 Å². The SMILES string of the molecule is C[C@]12C(=O)NC(=O)N(CCC(=O)O)[C@H]1[C@H]1N(CCC(=O)O)C(=O)NC(=O)[C@]12C. The molecule has 0 aromatic rings. The van der Waals surface area contributed by atoms with Gasteiger partial charge in [0, 0.05) is 13.1 Å². The van der Waals surface area contributed by atoms with Crippen LogP contribution in [0.5, 0.6) is 0 Å². The molecule has 0 aromatic carbocycles. The van der Waals surface area contributed by atoms with Crippen molar-refractivity contribution in [2.24, 2.45) is 10.8 Å². The molecular weight excluding hydrogens is 376 g/mol. The first-order valence-corrected chi connectivity index (χ1v) is 8.64. The Morgan fingerprint density at radius 1 is 0.821 bits per heavy atom. The molecule has 0 bridgehead atoms. The first kappa shape index (κ1) is 19.6. The molecule has 2 aliphatic heterocycles. The number of carboxylic acid groups (broad SMARTS) is 2. The fourth-order valence-corrected chi connectivity index (χ4v) is 4.62. The molecule has 3 fully saturated rings. The van der Waals surface area contributed by atoms with Crippen molar-refractivity contribution in [1.82, 2.24) is 20.4 Å². The molecule has 4 N–H and O–H groups in total. The molecule has 0 unspecified atom stereocenters. The quantitative estimate of drug-likeness (QED) is 0.433. The van der Waals surface area contributed by atoms with Crippen LogP contribution in [0, 0.1) is 10.8 Å². The van der Waals surface area contributed by atoms with E-state index >= 15 is 0 Å². The summed E-state index contributed by atoms with van der Waals surface area (Å²) < 4.78 is 0. The Hall–Kier alpha value is -3.18. The van der Waals surface area contributed by atoms with Crippen molar-refractivity contribution in [3.8, 4) is 0 Å². The van der Waals surface area contributed by atoms with Gasteiger partial charge in [-0.15, -0.1) is 0 Å². The molecule has 12 nitrogen and oxygen atoms in total. The van der Waals surface area contributed by atoms with E-state index in [9.17, 15) is 28.8 Å². The molecule has 1 saturated carbocycles. The first-order chi connectivity index (χ1) is 13.0. The molecule has 3 rings (SSSR count). The molecule has 152 valence electrons. The number of urea groups is 2. The Morgan fingerprint density at radius 2 is 1.14 bits per heavy atom. The third kappa shape index (κ3) is 2.36. The normalized spacial score (nSPS) is 34.1. The van der Waals surface area contributed by atoms with Crippen molar-refractivity contribution in [3.05, 3.63) is 0 Å². The lowest BCUT2D eigenvalue weighted by atomic mass is 9.42. The molecule has 12 heteroatoms. The maximum absolute atomic E-state index is 12.7. The van der Waals surface area contributed by atoms with Crippen LogP contribution in [0.4, 0.5) is 9.59 Å². The fourth-order valence-electron chi connectivity index (χ4n) is 4.62. The lowest BCUT2D eigenvalue weighted by Crippen LogP contribution is -2.91. The Labute approximate surface area is 158 Å². The fraction of sp³-hybridized carbons (Fsp3) is 0.625. The molecule has 0 radical (unpaired) electrons. The van der Waals surface area contributed by atoms with Crippen LogP contribution in [0.1, 0.15) is 26.7 Å². The maximum atomic E-state index is 12.7. The van der Waals surface area contributed by atoms with Crippen molar-refractivity contribution in [2.45, 2.75) is 38.8 Å². The number of hydrogen-bond acceptors (Lipinski definition) is 6. The highest BCUT2D eigenvalue weighted by Gasteiger charge is 2.80. The highest BCUT2D eigenvalue weighted by Crippen LogP contribution is 2.62. The van der Waals surface area contributed by atoms with Crippen LogP contribution in [0.25, 0.3) is 0 Å². The number of imide groups is 2. The predicted molar refractivity (Wildman–Crippen MR) is 88.8 cm³/mol. The molecule has 0 aromatic heterocycles. The van der Waals surface area contributed by atoms with Gasteiger partial charge in [-0.05, 0) is 13.8 Å². The van der Waals surface area contributed by atoms with Crippen LogP contribution in [-0.2, 0) is 19.2 Å². The zero-order valence-electron chi connectivity index (χ0n) is 15.2. The topological polar surface area (TPSA) is 173 Å². The number of nitrogens with zero attached hydrogens (tertiary/aromatic N) is 2. The number of aliphatic carboxylic acids is 2. The largest absolute Gasteiger partial charge is 0.481 e. The Bertz CT molecular complexity index is 746. The van der Waals surface area contributed by atoms with Crippen LogP contribution < -0.4 is 10.6 Å². The molecule has 2 heterocycles. The second-order valence-corrected chi connectivity index (χ2v) is 7.49. The van der Waals surface area contributed by atoms with Gasteiger partial charge in [0.05, 0.1) is 35.8 Å². The number of rotatable bonds is 6. The Kier molecular flexibility index (Phi) is 4.32. The Morgan fingerprint density at radius 3 is 1.43 bits per heavy atom. The lowest BCUT2D eigenvalue weighted by molar-refractivity contribution is -0.213. The summed E-state index contributed by atoms with van der Waals surface area (Å²) in [6.07, 6.45) is -0.792. The van der Waals surface area contributed by atoms with Gasteiger partial charge in [-0.3, -0.25) is 29.8 Å². The monoisotopic (exact) mass is 396 g/mol. The van der Waals surface area contributed by atoms with Gasteiger partial charge < -0.3 is 20.0 Å². The summed E-state index contributed by atoms with van der Waals surface area (Å²) in [7, 11) is 0. The third-order valence-electron chi connectivity index (χ3n) is 6.27. The summed E-state index contributed by atoms with van der Waals surface area (Å²) in [6, 6.07) is -3.54. The molecule has 4 atom stereocenters. The predicted octanol–water partition coefficient (Wildman–Crippen LogP) is -1.20. The smallest absolute Gasteiger partial charge is 0.324 e. The average molecular weight is 396 g/mol. The number of carbonyl (C=O) groups is 6. The number of nitrogens with one attached hydrogen (secondary N) is 2. The van der Waals surface area contributed by atoms with Gasteiger partial charge >= 0.3 is 24.0 Å². The van der Waals surface area contributed by atoms with Crippen LogP contribution in [0.3, 0.4) is 0 Å². The van der Waals surface area contributed by atoms with Crippen molar-refractivity contribution in [1.29, 1.82) is 0 Å². The highest BCUT2D eigenvalue weighted by molar-refractivity contribution is 6.10. The molecule has 3 aliphatic rings. The van der Waals surface area contributed by atoms with Gasteiger partial charge in [0.25, 0.3) is 0 Å². The highest BCUT2D eigenvalue weighted by atomic mass is 16.4. The van der Waals surface area contributed by atoms with E-state index in [0.717, 1.165) is 9.80 Å². The van der Waals surface area contributed by atoms with E-state index in [4.69, 9.17) is 10.2 Å². The molecule has 1 aliphatic carbocycles. The zero-order chi connectivity index (χ0) is 21.0. The van der Waals surface area contributed by atoms with Crippen LogP contribution in [0.15, 0.2) is 0 Å². The van der Waals surface area contributed by atoms with Crippen molar-refractivity contribution < 1.29 is 39.0 Å². The maximum Gasteiger partial charge on any atom is 0.324 e. The number of amides is 6. The van der Waals surface area contributed by atoms with E-state index < -0.39 is 71.6 Å². The Balaban J connectivity index is 2.04. The summed E-state index contributed by atoms with van der Waals surface area (Å²) in [5, 5.41) is 22.2. The number of carboxylic acids is 2. The van der Waals surface area contributed by atoms with E-state index in [2.05, 4.69) is 10.6 Å². The van der Waals surface area contributed by atoms with Gasteiger partial charge in [-0.2, -0.15) is 0 Å². The second-order valence-electron chi connectivity index (χ2n) is 7.49. The average Bonchev–Trinajstić information content (AvgIpc) is 2.59.